The van der Waals surface area contributed by atoms with Crippen LogP contribution in [0, 0.1) is 15.9 Å². The first-order chi connectivity index (χ1) is 16.2. The predicted octanol–water partition coefficient (Wildman–Crippen LogP) is 4.43. The van der Waals surface area contributed by atoms with Gasteiger partial charge in [-0.1, -0.05) is 26.8 Å². The topological polar surface area (TPSA) is 120 Å². The van der Waals surface area contributed by atoms with Crippen molar-refractivity contribution in [2.75, 3.05) is 18.1 Å². The van der Waals surface area contributed by atoms with Crippen LogP contribution in [0.5, 0.6) is 0 Å². The molecule has 1 saturated heterocycles. The average Bonchev–Trinajstić information content (AvgIpc) is 3.33. The van der Waals surface area contributed by atoms with Crippen LogP contribution in [0.15, 0.2) is 29.1 Å². The van der Waals surface area contributed by atoms with Crippen LogP contribution < -0.4 is 4.90 Å². The van der Waals surface area contributed by atoms with Crippen molar-refractivity contribution in [3.05, 3.63) is 50.6 Å². The largest absolute Gasteiger partial charge is 0.441 e. The van der Waals surface area contributed by atoms with Crippen LogP contribution in [-0.4, -0.2) is 60.3 Å². The van der Waals surface area contributed by atoms with Gasteiger partial charge in [0, 0.05) is 28.4 Å². The van der Waals surface area contributed by atoms with E-state index in [1.165, 1.54) is 27.8 Å². The lowest BCUT2D eigenvalue weighted by Crippen LogP contribution is -2.43. The van der Waals surface area contributed by atoms with Gasteiger partial charge in [0.1, 0.15) is 18.1 Å². The molecule has 2 unspecified atom stereocenters. The number of halogens is 2. The summed E-state index contributed by atoms with van der Waals surface area (Å²) in [6.07, 6.45) is 0.0853. The number of imidazole rings is 1. The highest BCUT2D eigenvalue weighted by atomic mass is 79.9. The molecule has 1 aliphatic heterocycles. The molecular weight excluding hydrogens is 543 g/mol. The summed E-state index contributed by atoms with van der Waals surface area (Å²) in [6, 6.07) is 4.30. The molecule has 1 aromatic heterocycles. The van der Waals surface area contributed by atoms with Crippen molar-refractivity contribution in [3.63, 3.8) is 0 Å². The van der Waals surface area contributed by atoms with E-state index in [1.54, 1.807) is 6.07 Å². The molecule has 0 spiro atoms. The molecular formula is C22H28BrFN4O6Si. The van der Waals surface area contributed by atoms with Crippen molar-refractivity contribution in [3.8, 4) is 0 Å². The van der Waals surface area contributed by atoms with E-state index < -0.39 is 41.1 Å². The molecule has 2 atom stereocenters. The lowest BCUT2D eigenvalue weighted by molar-refractivity contribution is -0.389. The third kappa shape index (κ3) is 6.45. The summed E-state index contributed by atoms with van der Waals surface area (Å²) in [5.41, 5.74) is -0.195. The maximum atomic E-state index is 15.1. The summed E-state index contributed by atoms with van der Waals surface area (Å²) >= 11 is 3.14. The number of rotatable bonds is 9. The Morgan fingerprint density at radius 1 is 1.40 bits per heavy atom. The second-order valence-corrected chi connectivity index (χ2v) is 12.5. The molecule has 0 bridgehead atoms. The highest BCUT2D eigenvalue weighted by Gasteiger charge is 2.43. The number of cyclic esters (lactones) is 1. The van der Waals surface area contributed by atoms with Crippen LogP contribution >= 0.6 is 15.9 Å². The van der Waals surface area contributed by atoms with E-state index in [1.807, 2.05) is 13.8 Å². The van der Waals surface area contributed by atoms with Crippen molar-refractivity contribution in [1.82, 2.24) is 9.55 Å². The summed E-state index contributed by atoms with van der Waals surface area (Å²) < 4.78 is 28.3. The van der Waals surface area contributed by atoms with E-state index in [4.69, 9.17) is 9.16 Å². The Bertz CT molecular complexity index is 1110. The normalized spacial score (nSPS) is 17.5. The predicted molar refractivity (Wildman–Crippen MR) is 131 cm³/mol. The average molecular weight is 571 g/mol. The second kappa shape index (κ2) is 10.3. The minimum Gasteiger partial charge on any atom is -0.441 e. The van der Waals surface area contributed by atoms with E-state index in [0.717, 1.165) is 0 Å². The monoisotopic (exact) mass is 570 g/mol. The standard InChI is InChI=1S/C22H28BrFN4O6Si/c1-21(2,3)35-34-22(4,5)17-10-27(20(30)33-17)14-6-7-15(16(24)8-14)13(12-29)9-26-11-18(28(31)32)25-19(26)23/h6-8,11,13,17,29H,9-10,12H2,1-5H3. The van der Waals surface area contributed by atoms with Crippen molar-refractivity contribution < 1.29 is 28.4 Å². The van der Waals surface area contributed by atoms with Gasteiger partial charge in [0.15, 0.2) is 0 Å². The van der Waals surface area contributed by atoms with Crippen molar-refractivity contribution in [2.45, 2.75) is 63.8 Å². The van der Waals surface area contributed by atoms with E-state index >= 15 is 4.39 Å². The maximum Gasteiger partial charge on any atom is 0.414 e. The molecule has 1 amide bonds. The number of carbonyl (C=O) groups excluding carboxylic acids is 1. The molecule has 1 aliphatic rings. The van der Waals surface area contributed by atoms with Crippen molar-refractivity contribution >= 4 is 43.3 Å². The molecule has 1 fully saturated rings. The number of anilines is 1. The van der Waals surface area contributed by atoms with E-state index in [-0.39, 0.29) is 44.0 Å². The van der Waals surface area contributed by atoms with Crippen LogP contribution in [0.2, 0.25) is 5.04 Å². The van der Waals surface area contributed by atoms with Gasteiger partial charge < -0.3 is 24.4 Å². The van der Waals surface area contributed by atoms with Gasteiger partial charge in [-0.3, -0.25) is 9.47 Å². The summed E-state index contributed by atoms with van der Waals surface area (Å²) in [7, 11) is 0.210. The van der Waals surface area contributed by atoms with Gasteiger partial charge in [-0.2, -0.15) is 0 Å². The third-order valence-corrected chi connectivity index (χ3v) is 7.36. The van der Waals surface area contributed by atoms with Gasteiger partial charge >= 0.3 is 11.9 Å². The molecule has 13 heteroatoms. The summed E-state index contributed by atoms with van der Waals surface area (Å²) in [5, 5.41) is 20.8. The fourth-order valence-corrected chi connectivity index (χ4v) is 4.62. The van der Waals surface area contributed by atoms with Crippen LogP contribution in [0.4, 0.5) is 20.7 Å². The summed E-state index contributed by atoms with van der Waals surface area (Å²) in [6.45, 7) is 9.77. The number of hydrogen-bond acceptors (Lipinski definition) is 7. The smallest absolute Gasteiger partial charge is 0.414 e. The highest BCUT2D eigenvalue weighted by molar-refractivity contribution is 9.10. The van der Waals surface area contributed by atoms with Gasteiger partial charge in [-0.15, -0.1) is 0 Å². The molecule has 2 radical (unpaired) electrons. The zero-order valence-corrected chi connectivity index (χ0v) is 22.7. The van der Waals surface area contributed by atoms with E-state index in [2.05, 4.69) is 41.7 Å². The Balaban J connectivity index is 1.75. The number of nitro groups is 1. The molecule has 2 aromatic rings. The minimum atomic E-state index is -0.725. The number of benzene rings is 1. The lowest BCUT2D eigenvalue weighted by atomic mass is 9.98. The fourth-order valence-electron chi connectivity index (χ4n) is 3.49. The number of ether oxygens (including phenoxy) is 1. The fraction of sp³-hybridized carbons (Fsp3) is 0.545. The summed E-state index contributed by atoms with van der Waals surface area (Å²) in [4.78, 5) is 28.0. The van der Waals surface area contributed by atoms with Crippen molar-refractivity contribution in [2.24, 2.45) is 0 Å². The van der Waals surface area contributed by atoms with Gasteiger partial charge in [0.25, 0.3) is 4.73 Å². The van der Waals surface area contributed by atoms with Crippen molar-refractivity contribution in [1.29, 1.82) is 0 Å². The Kier molecular flexibility index (Phi) is 8.04. The quantitative estimate of drug-likeness (QED) is 0.269. The number of hydrogen-bond donors (Lipinski definition) is 1. The number of carbonyl (C=O) groups is 1. The first-order valence-electron chi connectivity index (χ1n) is 10.9. The summed E-state index contributed by atoms with van der Waals surface area (Å²) in [5.74, 6) is -1.67. The molecule has 1 aromatic carbocycles. The molecule has 0 aliphatic carbocycles. The lowest BCUT2D eigenvalue weighted by Gasteiger charge is -2.32. The van der Waals surface area contributed by atoms with Crippen LogP contribution in [-0.2, 0) is 15.7 Å². The second-order valence-electron chi connectivity index (χ2n) is 9.90. The van der Waals surface area contributed by atoms with Gasteiger partial charge in [0.05, 0.1) is 24.4 Å². The zero-order valence-electron chi connectivity index (χ0n) is 20.1. The first-order valence-corrected chi connectivity index (χ1v) is 12.6. The highest BCUT2D eigenvalue weighted by Crippen LogP contribution is 2.33. The van der Waals surface area contributed by atoms with Crippen LogP contribution in [0.3, 0.4) is 0 Å². The Morgan fingerprint density at radius 2 is 2.09 bits per heavy atom. The third-order valence-electron chi connectivity index (χ3n) is 5.48. The molecule has 10 nitrogen and oxygen atoms in total. The Hall–Kier alpha value is -2.35. The molecule has 3 rings (SSSR count). The number of aromatic nitrogens is 2. The molecule has 0 saturated carbocycles. The first kappa shape index (κ1) is 27.2. The van der Waals surface area contributed by atoms with Gasteiger partial charge in [-0.05, 0) is 46.5 Å². The SMILES string of the molecule is CC(C)(C)[Si]OC(C)(C)C1CN(c2ccc(C(CO)Cn3cc([N+](=O)[O-])nc3Br)c(F)c2)C(=O)O1. The molecule has 2 heterocycles. The number of nitrogens with zero attached hydrogens (tertiary/aromatic N) is 4. The van der Waals surface area contributed by atoms with Gasteiger partial charge in [0.2, 0.25) is 9.76 Å². The molecule has 35 heavy (non-hydrogen) atoms. The maximum absolute atomic E-state index is 15.1. The van der Waals surface area contributed by atoms with Crippen LogP contribution in [0.1, 0.15) is 46.1 Å². The number of aliphatic hydroxyl groups is 1. The van der Waals surface area contributed by atoms with Crippen LogP contribution in [0.25, 0.3) is 0 Å². The molecule has 190 valence electrons. The zero-order chi connectivity index (χ0) is 26.1. The Morgan fingerprint density at radius 3 is 2.63 bits per heavy atom. The van der Waals surface area contributed by atoms with Gasteiger partial charge in [-0.25, -0.2) is 9.18 Å². The Labute approximate surface area is 213 Å². The molecule has 1 N–H and O–H groups in total. The van der Waals surface area contributed by atoms with E-state index in [0.29, 0.717) is 5.69 Å². The minimum absolute atomic E-state index is 0.0288. The van der Waals surface area contributed by atoms with E-state index in [9.17, 15) is 20.0 Å². The number of aliphatic hydroxyl groups excluding tert-OH is 1. The number of amides is 1.